The third-order valence-corrected chi connectivity index (χ3v) is 6.24. The van der Waals surface area contributed by atoms with Crippen molar-refractivity contribution < 1.29 is 9.53 Å². The Bertz CT molecular complexity index is 899. The lowest BCUT2D eigenvalue weighted by molar-refractivity contribution is 0.0982. The number of piperidine rings is 1. The smallest absolute Gasteiger partial charge is 0.260 e. The molecule has 6 heteroatoms. The van der Waals surface area contributed by atoms with Gasteiger partial charge >= 0.3 is 0 Å². The number of fused-ring (bicyclic) bond motifs is 1. The Morgan fingerprint density at radius 1 is 1.11 bits per heavy atom. The Morgan fingerprint density at radius 3 is 2.57 bits per heavy atom. The summed E-state index contributed by atoms with van der Waals surface area (Å²) in [4.78, 5) is 22.3. The van der Waals surface area contributed by atoms with E-state index in [9.17, 15) is 4.79 Å². The molecule has 1 aliphatic heterocycles. The van der Waals surface area contributed by atoms with Gasteiger partial charge in [0.2, 0.25) is 0 Å². The van der Waals surface area contributed by atoms with E-state index in [1.165, 1.54) is 19.3 Å². The Labute approximate surface area is 169 Å². The number of methoxy groups -OCH3 is 1. The Kier molecular flexibility index (Phi) is 5.88. The number of thiazole rings is 1. The molecule has 3 aromatic rings. The molecule has 1 saturated heterocycles. The molecule has 5 nitrogen and oxygen atoms in total. The van der Waals surface area contributed by atoms with Gasteiger partial charge in [0.25, 0.3) is 5.91 Å². The minimum atomic E-state index is -0.0151. The van der Waals surface area contributed by atoms with E-state index in [0.717, 1.165) is 40.7 Å². The van der Waals surface area contributed by atoms with Crippen LogP contribution in [0.1, 0.15) is 29.6 Å². The van der Waals surface area contributed by atoms with Gasteiger partial charge in [-0.3, -0.25) is 9.69 Å². The number of anilines is 1. The highest BCUT2D eigenvalue weighted by Gasteiger charge is 2.22. The van der Waals surface area contributed by atoms with E-state index in [-0.39, 0.29) is 5.91 Å². The molecule has 0 bridgehead atoms. The van der Waals surface area contributed by atoms with E-state index in [1.807, 2.05) is 47.4 Å². The van der Waals surface area contributed by atoms with E-state index in [4.69, 9.17) is 9.72 Å². The van der Waals surface area contributed by atoms with Gasteiger partial charge in [0.05, 0.1) is 17.3 Å². The summed E-state index contributed by atoms with van der Waals surface area (Å²) < 4.78 is 6.32. The zero-order chi connectivity index (χ0) is 19.3. The second kappa shape index (κ2) is 8.71. The number of ether oxygens (including phenoxy) is 1. The summed E-state index contributed by atoms with van der Waals surface area (Å²) in [6.45, 7) is 3.75. The third-order valence-electron chi connectivity index (χ3n) is 5.18. The quantitative estimate of drug-likeness (QED) is 0.619. The van der Waals surface area contributed by atoms with Crippen LogP contribution in [0.25, 0.3) is 10.2 Å². The van der Waals surface area contributed by atoms with Crippen molar-refractivity contribution in [3.05, 3.63) is 54.1 Å². The Morgan fingerprint density at radius 2 is 1.86 bits per heavy atom. The van der Waals surface area contributed by atoms with Crippen LogP contribution in [0.4, 0.5) is 5.13 Å². The lowest BCUT2D eigenvalue weighted by Crippen LogP contribution is -2.40. The minimum absolute atomic E-state index is 0.0151. The van der Waals surface area contributed by atoms with E-state index in [2.05, 4.69) is 11.0 Å². The van der Waals surface area contributed by atoms with Crippen LogP contribution in [0.15, 0.2) is 48.5 Å². The second-order valence-corrected chi connectivity index (χ2v) is 8.06. The van der Waals surface area contributed by atoms with Crippen LogP contribution in [0.5, 0.6) is 5.75 Å². The summed E-state index contributed by atoms with van der Waals surface area (Å²) >= 11 is 1.57. The van der Waals surface area contributed by atoms with Crippen LogP contribution in [-0.4, -0.2) is 49.1 Å². The molecule has 0 aliphatic carbocycles. The Balaban J connectivity index is 1.60. The minimum Gasteiger partial charge on any atom is -0.497 e. The highest BCUT2D eigenvalue weighted by atomic mass is 32.1. The van der Waals surface area contributed by atoms with Crippen molar-refractivity contribution in [2.75, 3.05) is 38.2 Å². The van der Waals surface area contributed by atoms with Gasteiger partial charge in [-0.25, -0.2) is 4.98 Å². The topological polar surface area (TPSA) is 45.7 Å². The molecule has 0 N–H and O–H groups in total. The van der Waals surface area contributed by atoms with Crippen LogP contribution in [0, 0.1) is 0 Å². The maximum atomic E-state index is 13.3. The molecule has 0 unspecified atom stereocenters. The molecule has 0 saturated carbocycles. The van der Waals surface area contributed by atoms with Crippen molar-refractivity contribution in [2.45, 2.75) is 19.3 Å². The van der Waals surface area contributed by atoms with Crippen molar-refractivity contribution in [2.24, 2.45) is 0 Å². The standard InChI is InChI=1S/C22H25N3O2S/c1-27-18-11-9-17(10-12-18)21(26)25(16-15-24-13-5-2-6-14-24)22-23-19-7-3-4-8-20(19)28-22/h3-4,7-12H,2,5-6,13-16H2,1H3. The third kappa shape index (κ3) is 4.18. The molecule has 1 amide bonds. The largest absolute Gasteiger partial charge is 0.497 e. The second-order valence-electron chi connectivity index (χ2n) is 7.05. The zero-order valence-electron chi connectivity index (χ0n) is 16.1. The zero-order valence-corrected chi connectivity index (χ0v) is 17.0. The number of benzene rings is 2. The van der Waals surface area contributed by atoms with Crippen molar-refractivity contribution in [3.8, 4) is 5.75 Å². The number of likely N-dealkylation sites (tertiary alicyclic amines) is 1. The van der Waals surface area contributed by atoms with Gasteiger partial charge in [-0.1, -0.05) is 29.9 Å². The fraction of sp³-hybridized carbons (Fsp3) is 0.364. The highest BCUT2D eigenvalue weighted by Crippen LogP contribution is 2.30. The van der Waals surface area contributed by atoms with E-state index in [1.54, 1.807) is 18.4 Å². The molecule has 1 aliphatic rings. The number of aromatic nitrogens is 1. The van der Waals surface area contributed by atoms with E-state index >= 15 is 0 Å². The summed E-state index contributed by atoms with van der Waals surface area (Å²) in [5.41, 5.74) is 1.59. The van der Waals surface area contributed by atoms with Gasteiger partial charge in [-0.05, 0) is 62.3 Å². The summed E-state index contributed by atoms with van der Waals surface area (Å²) in [6.07, 6.45) is 3.80. The highest BCUT2D eigenvalue weighted by molar-refractivity contribution is 7.22. The van der Waals surface area contributed by atoms with Crippen molar-refractivity contribution in [1.82, 2.24) is 9.88 Å². The average molecular weight is 396 g/mol. The first-order valence-electron chi connectivity index (χ1n) is 9.78. The molecular weight excluding hydrogens is 370 g/mol. The summed E-state index contributed by atoms with van der Waals surface area (Å²) in [7, 11) is 1.63. The lowest BCUT2D eigenvalue weighted by atomic mass is 10.1. The fourth-order valence-corrected chi connectivity index (χ4v) is 4.56. The van der Waals surface area contributed by atoms with Crippen LogP contribution >= 0.6 is 11.3 Å². The monoisotopic (exact) mass is 395 g/mol. The SMILES string of the molecule is COc1ccc(C(=O)N(CCN2CCCCC2)c2nc3ccccc3s2)cc1. The van der Waals surface area contributed by atoms with Gasteiger partial charge in [-0.2, -0.15) is 0 Å². The predicted molar refractivity (Wildman–Crippen MR) is 115 cm³/mol. The van der Waals surface area contributed by atoms with Gasteiger partial charge in [0.15, 0.2) is 5.13 Å². The van der Waals surface area contributed by atoms with Crippen molar-refractivity contribution in [1.29, 1.82) is 0 Å². The predicted octanol–water partition coefficient (Wildman–Crippen LogP) is 4.44. The molecule has 146 valence electrons. The van der Waals surface area contributed by atoms with Crippen LogP contribution in [0.3, 0.4) is 0 Å². The fourth-order valence-electron chi connectivity index (χ4n) is 3.57. The average Bonchev–Trinajstić information content (AvgIpc) is 3.18. The normalized spacial score (nSPS) is 14.9. The number of para-hydroxylation sites is 1. The molecule has 2 aromatic carbocycles. The first kappa shape index (κ1) is 18.9. The molecular formula is C22H25N3O2S. The maximum Gasteiger partial charge on any atom is 0.260 e. The van der Waals surface area contributed by atoms with E-state index in [0.29, 0.717) is 12.1 Å². The van der Waals surface area contributed by atoms with Gasteiger partial charge in [0.1, 0.15) is 5.75 Å². The van der Waals surface area contributed by atoms with Gasteiger partial charge in [-0.15, -0.1) is 0 Å². The van der Waals surface area contributed by atoms with Crippen molar-refractivity contribution in [3.63, 3.8) is 0 Å². The first-order chi connectivity index (χ1) is 13.7. The van der Waals surface area contributed by atoms with Crippen LogP contribution in [-0.2, 0) is 0 Å². The number of carbonyl (C=O) groups is 1. The molecule has 28 heavy (non-hydrogen) atoms. The Hall–Kier alpha value is -2.44. The number of rotatable bonds is 6. The summed E-state index contributed by atoms with van der Waals surface area (Å²) in [5.74, 6) is 0.732. The number of hydrogen-bond acceptors (Lipinski definition) is 5. The summed E-state index contributed by atoms with van der Waals surface area (Å²) in [6, 6.07) is 15.3. The first-order valence-corrected chi connectivity index (χ1v) is 10.6. The number of hydrogen-bond donors (Lipinski definition) is 0. The van der Waals surface area contributed by atoms with E-state index < -0.39 is 0 Å². The lowest BCUT2D eigenvalue weighted by Gasteiger charge is -2.29. The molecule has 1 aromatic heterocycles. The molecule has 0 radical (unpaired) electrons. The van der Waals surface area contributed by atoms with Gasteiger partial charge in [0, 0.05) is 18.7 Å². The summed E-state index contributed by atoms with van der Waals surface area (Å²) in [5, 5.41) is 0.763. The molecule has 0 atom stereocenters. The number of carbonyl (C=O) groups excluding carboxylic acids is 1. The van der Waals surface area contributed by atoms with Crippen LogP contribution in [0.2, 0.25) is 0 Å². The molecule has 1 fully saturated rings. The number of nitrogens with zero attached hydrogens (tertiary/aromatic N) is 3. The number of amides is 1. The van der Waals surface area contributed by atoms with Crippen molar-refractivity contribution >= 4 is 32.6 Å². The van der Waals surface area contributed by atoms with Crippen LogP contribution < -0.4 is 9.64 Å². The maximum absolute atomic E-state index is 13.3. The molecule has 2 heterocycles. The molecule has 4 rings (SSSR count). The van der Waals surface area contributed by atoms with Gasteiger partial charge < -0.3 is 9.64 Å². The molecule has 0 spiro atoms.